The minimum absolute atomic E-state index is 0.0231. The average molecular weight is 2120 g/mol. The molecule has 11 aliphatic heterocycles. The Balaban J connectivity index is 0.000000228. The van der Waals surface area contributed by atoms with Crippen LogP contribution in [0.5, 0.6) is 0 Å². The van der Waals surface area contributed by atoms with Crippen molar-refractivity contribution in [2.75, 3.05) is 39.6 Å². The molecular weight excluding hydrogens is 1940 g/mol. The normalized spacial score (nSPS) is 30.9. The summed E-state index contributed by atoms with van der Waals surface area (Å²) in [6.07, 6.45) is 9.68. The summed E-state index contributed by atoms with van der Waals surface area (Å²) in [4.78, 5) is 198. The number of cyclic esters (lactones) is 4. The van der Waals surface area contributed by atoms with E-state index in [1.54, 1.807) is 34.6 Å². The van der Waals surface area contributed by atoms with Gasteiger partial charge in [0.1, 0.15) is 80.9 Å². The Kier molecular flexibility index (Phi) is 43.6. The van der Waals surface area contributed by atoms with Crippen LogP contribution in [0.25, 0.3) is 0 Å². The van der Waals surface area contributed by atoms with Gasteiger partial charge in [0.25, 0.3) is 0 Å². The fraction of sp³-hybridized carbons (Fsp3) is 0.847. The van der Waals surface area contributed by atoms with E-state index >= 15 is 0 Å². The molecule has 149 heavy (non-hydrogen) atoms. The number of fused-ring (bicyclic) bond motifs is 7. The van der Waals surface area contributed by atoms with Crippen molar-refractivity contribution < 1.29 is 181 Å². The van der Waals surface area contributed by atoms with Crippen molar-refractivity contribution in [1.82, 2.24) is 0 Å². The van der Waals surface area contributed by atoms with Gasteiger partial charge in [-0.05, 0) is 267 Å². The van der Waals surface area contributed by atoms with E-state index in [0.717, 1.165) is 70.6 Å². The molecule has 38 heteroatoms. The highest BCUT2D eigenvalue weighted by molar-refractivity contribution is 5.87. The molecule has 0 amide bonds. The number of carbonyl (C=O) groups excluding carboxylic acids is 17. The van der Waals surface area contributed by atoms with Gasteiger partial charge in [0.05, 0.1) is 93.0 Å². The second-order valence-electron chi connectivity index (χ2n) is 48.7. The van der Waals surface area contributed by atoms with Crippen molar-refractivity contribution in [2.24, 2.45) is 84.2 Å². The molecule has 15 fully saturated rings. The monoisotopic (exact) mass is 2120 g/mol. The average Bonchev–Trinajstić information content (AvgIpc) is 1.55. The van der Waals surface area contributed by atoms with Crippen LogP contribution in [0, 0.1) is 84.2 Å². The van der Waals surface area contributed by atoms with E-state index in [0.29, 0.717) is 76.9 Å². The van der Waals surface area contributed by atoms with Crippen molar-refractivity contribution >= 4 is 101 Å². The molecule has 848 valence electrons. The quantitative estimate of drug-likeness (QED) is 0.0518. The molecule has 0 N–H and O–H groups in total. The lowest BCUT2D eigenvalue weighted by atomic mass is 9.79. The standard InChI is InChI=1S/C15H22O7.C15H22O4.2C13H20O4.C12H20O4.2C11H18O4.C11H20O3.C10H16O4/c1-6-14(2,3)13(17)20-9-7-8(18-11(9)16)10-12(19-7)22-15(4,5)21-10;1-5-15(3,4)14(17)19-11-8-6-9-10(7(8)2)13(16)18-12(9)11;1-4-13(2,3)12(15)17-9-6-5-8-7-10(9)16-11(8)14;1-4-13(2,3)12(15)17-10-8-6-5-7-9(8)16-11(10)14;1-5-11(3,4)10(14)16-12(6-2)7-9(13)15-8-12;1-5-10(2,3)9(13)15-11(4)6-8(12)14-7-11;1-4-11(2,3)10(13)15-8-5-6-9(12)14-7-8;1-5-10(2,3)9(12)14-11(4)6-7-13-8-11;1-4-10(2,3)9(12)14-7-5-8(11)13-6-7/h7-10,12H,6H2,1-5H3;7-12H,5-6H2,1-4H3;2*8-10H,4-7H2,1-3H3;5-8H2,1-4H3;5-7H2,1-4H3;8H,4-7H2,1-3H3;5-8H2,1-4H3;7H,4-6H2,1-3H3. The Hall–Kier alpha value is -9.17. The lowest BCUT2D eigenvalue weighted by Gasteiger charge is -2.32. The highest BCUT2D eigenvalue weighted by Crippen LogP contribution is 2.59. The van der Waals surface area contributed by atoms with Crippen LogP contribution >= 0.6 is 0 Å². The molecule has 0 aromatic carbocycles. The molecule has 22 unspecified atom stereocenters. The van der Waals surface area contributed by atoms with Gasteiger partial charge in [-0.1, -0.05) is 76.2 Å². The Morgan fingerprint density at radius 3 is 1.27 bits per heavy atom. The molecule has 0 spiro atoms. The van der Waals surface area contributed by atoms with E-state index in [1.165, 1.54) is 0 Å². The molecule has 0 aromatic heterocycles. The van der Waals surface area contributed by atoms with Crippen LogP contribution in [-0.2, 0) is 181 Å². The highest BCUT2D eigenvalue weighted by Gasteiger charge is 2.68. The Labute approximate surface area is 880 Å². The molecular formula is C111H176O38. The highest BCUT2D eigenvalue weighted by atomic mass is 16.9. The molecule has 4 bridgehead atoms. The zero-order chi connectivity index (χ0) is 113. The third-order valence-corrected chi connectivity index (χ3v) is 32.7. The van der Waals surface area contributed by atoms with Crippen molar-refractivity contribution in [1.29, 1.82) is 0 Å². The number of hydrogen-bond acceptors (Lipinski definition) is 38. The van der Waals surface area contributed by atoms with E-state index in [-0.39, 0.29) is 213 Å². The smallest absolute Gasteiger partial charge is 0.350 e. The van der Waals surface area contributed by atoms with Crippen LogP contribution in [0.15, 0.2) is 0 Å². The van der Waals surface area contributed by atoms with Crippen molar-refractivity contribution in [3.8, 4) is 0 Å². The molecule has 11 saturated heterocycles. The number of esters is 17. The molecule has 4 aliphatic carbocycles. The summed E-state index contributed by atoms with van der Waals surface area (Å²) in [5.41, 5.74) is -6.36. The summed E-state index contributed by atoms with van der Waals surface area (Å²) in [5.74, 6) is -4.26. The number of carbonyl (C=O) groups is 17. The third-order valence-electron chi connectivity index (χ3n) is 32.7. The second-order valence-corrected chi connectivity index (χ2v) is 48.7. The molecule has 0 radical (unpaired) electrons. The lowest BCUT2D eigenvalue weighted by molar-refractivity contribution is -0.217. The predicted octanol–water partition coefficient (Wildman–Crippen LogP) is 16.2. The molecule has 15 rings (SSSR count). The summed E-state index contributed by atoms with van der Waals surface area (Å²) in [7, 11) is 0. The molecule has 0 aromatic rings. The van der Waals surface area contributed by atoms with E-state index in [4.69, 9.17) is 99.5 Å². The molecule has 15 aliphatic rings. The summed E-state index contributed by atoms with van der Waals surface area (Å²) in [6.45, 7) is 63.9. The first-order valence-electron chi connectivity index (χ1n) is 53.8. The minimum atomic E-state index is -1.07. The zero-order valence-corrected chi connectivity index (χ0v) is 95.0. The van der Waals surface area contributed by atoms with E-state index in [1.807, 2.05) is 187 Å². The molecule has 38 nitrogen and oxygen atoms in total. The molecule has 22 atom stereocenters. The minimum Gasteiger partial charge on any atom is -0.462 e. The number of ether oxygens (including phenoxy) is 21. The Morgan fingerprint density at radius 2 is 0.805 bits per heavy atom. The van der Waals surface area contributed by atoms with Crippen LogP contribution in [-0.4, -0.2) is 243 Å². The van der Waals surface area contributed by atoms with Gasteiger partial charge in [-0.2, -0.15) is 0 Å². The summed E-state index contributed by atoms with van der Waals surface area (Å²) in [6, 6.07) is 0. The Morgan fingerprint density at radius 1 is 0.362 bits per heavy atom. The predicted molar refractivity (Wildman–Crippen MR) is 534 cm³/mol. The van der Waals surface area contributed by atoms with Crippen LogP contribution < -0.4 is 0 Å². The van der Waals surface area contributed by atoms with Gasteiger partial charge in [0.15, 0.2) is 35.5 Å². The largest absolute Gasteiger partial charge is 0.462 e. The van der Waals surface area contributed by atoms with Crippen LogP contribution in [0.2, 0.25) is 0 Å². The SMILES string of the molecule is CCC(C)(C)C(=O)OC1(C)CCOC1.CCC(C)(C)C(=O)OC1(C)COC(=O)C1.CCC(C)(C)C(=O)OC1C(=O)OC2C3OC(C)(C)OC3OC12.CCC(C)(C)C(=O)OC1C(=O)OC2CCCC21.CCC(C)(C)C(=O)OC1C2CC3C1OC(=O)C3C2C.CCC(C)(C)C(=O)OC1CCC(=O)OC1.CCC(C)(C)C(=O)OC1CCC2CC1OC2=O.CCC(C)(C)C(=O)OC1COC(=O)C1.CCC1(OC(=O)C(C)(C)CC)COC(=O)C1. The van der Waals surface area contributed by atoms with E-state index in [9.17, 15) is 81.5 Å². The van der Waals surface area contributed by atoms with Crippen LogP contribution in [0.4, 0.5) is 0 Å². The summed E-state index contributed by atoms with van der Waals surface area (Å²) < 4.78 is 111. The molecule has 11 heterocycles. The zero-order valence-electron chi connectivity index (χ0n) is 95.0. The van der Waals surface area contributed by atoms with E-state index < -0.39 is 115 Å². The van der Waals surface area contributed by atoms with Gasteiger partial charge in [0.2, 0.25) is 12.2 Å². The first kappa shape index (κ1) is 127. The third kappa shape index (κ3) is 33.0. The number of hydrogen-bond donors (Lipinski definition) is 0. The van der Waals surface area contributed by atoms with Crippen molar-refractivity contribution in [3.63, 3.8) is 0 Å². The summed E-state index contributed by atoms with van der Waals surface area (Å²) in [5, 5.41) is 0. The van der Waals surface area contributed by atoms with Gasteiger partial charge in [0, 0.05) is 37.0 Å². The van der Waals surface area contributed by atoms with E-state index in [2.05, 4.69) is 6.92 Å². The first-order chi connectivity index (χ1) is 68.8. The molecule has 4 saturated carbocycles. The maximum atomic E-state index is 12.2. The Bertz CT molecular complexity index is 4680. The fourth-order valence-electron chi connectivity index (χ4n) is 17.4. The van der Waals surface area contributed by atoms with Gasteiger partial charge in [-0.15, -0.1) is 0 Å². The summed E-state index contributed by atoms with van der Waals surface area (Å²) >= 11 is 0. The number of rotatable bonds is 28. The van der Waals surface area contributed by atoms with Gasteiger partial charge < -0.3 is 99.5 Å². The van der Waals surface area contributed by atoms with Crippen LogP contribution in [0.3, 0.4) is 0 Å². The van der Waals surface area contributed by atoms with Crippen molar-refractivity contribution in [3.05, 3.63) is 0 Å². The fourth-order valence-corrected chi connectivity index (χ4v) is 17.4. The van der Waals surface area contributed by atoms with Crippen molar-refractivity contribution in [2.45, 2.75) is 478 Å². The second kappa shape index (κ2) is 51.3. The maximum absolute atomic E-state index is 12.2. The van der Waals surface area contributed by atoms with Crippen LogP contribution in [0.1, 0.15) is 376 Å². The lowest BCUT2D eigenvalue weighted by Crippen LogP contribution is -2.42. The van der Waals surface area contributed by atoms with Gasteiger partial charge in [-0.3, -0.25) is 71.9 Å². The van der Waals surface area contributed by atoms with Gasteiger partial charge in [-0.25, -0.2) is 9.59 Å². The maximum Gasteiger partial charge on any atom is 0.350 e. The first-order valence-corrected chi connectivity index (χ1v) is 53.8. The topological polar surface area (TPSA) is 484 Å². The van der Waals surface area contributed by atoms with Gasteiger partial charge >= 0.3 is 101 Å².